The maximum Gasteiger partial charge on any atom is 0.243 e. The van der Waals surface area contributed by atoms with Gasteiger partial charge < -0.3 is 25.8 Å². The topological polar surface area (TPSA) is 124 Å². The number of nitrogens with one attached hydrogen (secondary N) is 2. The summed E-state index contributed by atoms with van der Waals surface area (Å²) in [4.78, 5) is 50.5. The lowest BCUT2D eigenvalue weighted by Crippen LogP contribution is -2.51. The molecule has 9 nitrogen and oxygen atoms in total. The zero-order chi connectivity index (χ0) is 27.4. The number of aromatic nitrogens is 2. The Kier molecular flexibility index (Phi) is 8.26. The SMILES string of the molecule is Cc1ccc(C[C@@H]2C[C@@H](C(=O)NCc3cc4cccnc4[nH]3)N(C(=O)[C@H](N)CCC(=O)N3CCCC3)C2)cc1. The van der Waals surface area contributed by atoms with Crippen LogP contribution in [0, 0.1) is 12.8 Å². The van der Waals surface area contributed by atoms with Gasteiger partial charge in [0.1, 0.15) is 11.7 Å². The quantitative estimate of drug-likeness (QED) is 0.392. The Morgan fingerprint density at radius 2 is 1.92 bits per heavy atom. The number of likely N-dealkylation sites (tertiary alicyclic amines) is 2. The van der Waals surface area contributed by atoms with Gasteiger partial charge in [-0.1, -0.05) is 29.8 Å². The van der Waals surface area contributed by atoms with Crippen molar-refractivity contribution in [2.75, 3.05) is 19.6 Å². The number of hydrogen-bond acceptors (Lipinski definition) is 5. The van der Waals surface area contributed by atoms with Crippen LogP contribution in [0.2, 0.25) is 0 Å². The first-order chi connectivity index (χ1) is 18.9. The van der Waals surface area contributed by atoms with E-state index in [0.717, 1.165) is 49.1 Å². The third-order valence-electron chi connectivity index (χ3n) is 7.96. The van der Waals surface area contributed by atoms with Crippen molar-refractivity contribution < 1.29 is 14.4 Å². The summed E-state index contributed by atoms with van der Waals surface area (Å²) in [7, 11) is 0. The molecule has 2 fully saturated rings. The van der Waals surface area contributed by atoms with Gasteiger partial charge in [-0.15, -0.1) is 0 Å². The number of H-pyrrole nitrogens is 1. The number of aromatic amines is 1. The van der Waals surface area contributed by atoms with Crippen molar-refractivity contribution in [3.8, 4) is 0 Å². The third-order valence-corrected chi connectivity index (χ3v) is 7.96. The van der Waals surface area contributed by atoms with E-state index in [1.807, 2.05) is 23.1 Å². The van der Waals surface area contributed by atoms with Gasteiger partial charge in [-0.2, -0.15) is 0 Å². The number of hydrogen-bond donors (Lipinski definition) is 3. The van der Waals surface area contributed by atoms with Crippen molar-refractivity contribution in [2.45, 2.75) is 64.1 Å². The maximum atomic E-state index is 13.5. The fraction of sp³-hybridized carbons (Fsp3) is 0.467. The van der Waals surface area contributed by atoms with Crippen LogP contribution in [0.3, 0.4) is 0 Å². The monoisotopic (exact) mass is 530 g/mol. The number of carbonyl (C=O) groups is 3. The highest BCUT2D eigenvalue weighted by molar-refractivity contribution is 5.91. The number of rotatable bonds is 9. The molecule has 4 N–H and O–H groups in total. The lowest BCUT2D eigenvalue weighted by molar-refractivity contribution is -0.140. The highest BCUT2D eigenvalue weighted by Gasteiger charge is 2.41. The summed E-state index contributed by atoms with van der Waals surface area (Å²) in [6.45, 7) is 4.40. The minimum Gasteiger partial charge on any atom is -0.349 e. The highest BCUT2D eigenvalue weighted by Crippen LogP contribution is 2.28. The second-order valence-corrected chi connectivity index (χ2v) is 11.0. The number of pyridine rings is 1. The molecule has 3 amide bonds. The van der Waals surface area contributed by atoms with Crippen LogP contribution in [0.15, 0.2) is 48.7 Å². The number of aryl methyl sites for hydroxylation is 1. The molecule has 206 valence electrons. The molecule has 9 heteroatoms. The molecular weight excluding hydrogens is 492 g/mol. The molecule has 39 heavy (non-hydrogen) atoms. The van der Waals surface area contributed by atoms with Crippen LogP contribution in [0.1, 0.15) is 48.9 Å². The zero-order valence-corrected chi connectivity index (χ0v) is 22.6. The van der Waals surface area contributed by atoms with Crippen LogP contribution in [-0.2, 0) is 27.3 Å². The third kappa shape index (κ3) is 6.47. The van der Waals surface area contributed by atoms with E-state index in [1.165, 1.54) is 11.1 Å². The molecule has 0 bridgehead atoms. The van der Waals surface area contributed by atoms with Crippen LogP contribution in [0.4, 0.5) is 0 Å². The molecule has 1 aromatic carbocycles. The number of benzene rings is 1. The molecule has 4 heterocycles. The standard InChI is InChI=1S/C30H38N6O3/c1-20-6-8-21(9-7-20)15-22-16-26(29(38)33-18-24-17-23-5-4-12-32-28(23)34-24)36(19-22)30(39)25(31)10-11-27(37)35-13-2-3-14-35/h4-9,12,17,22,25-26H,2-3,10-11,13-16,18-19,31H2,1H3,(H,32,34)(H,33,38)/t22-,25-,26+/m1/s1. The fourth-order valence-corrected chi connectivity index (χ4v) is 5.77. The van der Waals surface area contributed by atoms with Gasteiger partial charge in [0.15, 0.2) is 0 Å². The number of fused-ring (bicyclic) bond motifs is 1. The van der Waals surface area contributed by atoms with Crippen LogP contribution in [0.25, 0.3) is 11.0 Å². The molecule has 0 unspecified atom stereocenters. The Balaban J connectivity index is 1.24. The second kappa shape index (κ2) is 12.0. The summed E-state index contributed by atoms with van der Waals surface area (Å²) in [6, 6.07) is 12.8. The van der Waals surface area contributed by atoms with E-state index < -0.39 is 12.1 Å². The van der Waals surface area contributed by atoms with Crippen molar-refractivity contribution in [2.24, 2.45) is 11.7 Å². The molecule has 0 saturated carbocycles. The van der Waals surface area contributed by atoms with E-state index in [2.05, 4.69) is 46.5 Å². The second-order valence-electron chi connectivity index (χ2n) is 11.0. The molecule has 0 spiro atoms. The Labute approximate surface area is 229 Å². The summed E-state index contributed by atoms with van der Waals surface area (Å²) < 4.78 is 0. The molecule has 2 aliphatic heterocycles. The van der Waals surface area contributed by atoms with Crippen molar-refractivity contribution in [1.82, 2.24) is 25.1 Å². The van der Waals surface area contributed by atoms with E-state index in [4.69, 9.17) is 5.73 Å². The number of carbonyl (C=O) groups excluding carboxylic acids is 3. The molecule has 3 aromatic rings. The van der Waals surface area contributed by atoms with Gasteiger partial charge in [-0.3, -0.25) is 14.4 Å². The predicted molar refractivity (Wildman–Crippen MR) is 149 cm³/mol. The van der Waals surface area contributed by atoms with Crippen LogP contribution < -0.4 is 11.1 Å². The first-order valence-corrected chi connectivity index (χ1v) is 14.0. The normalized spacial score (nSPS) is 19.9. The van der Waals surface area contributed by atoms with Gasteiger partial charge >= 0.3 is 0 Å². The molecule has 0 radical (unpaired) electrons. The first kappa shape index (κ1) is 26.9. The Morgan fingerprint density at radius 3 is 2.67 bits per heavy atom. The summed E-state index contributed by atoms with van der Waals surface area (Å²) in [5, 5.41) is 3.99. The minimum absolute atomic E-state index is 0.0523. The minimum atomic E-state index is -0.815. The first-order valence-electron chi connectivity index (χ1n) is 14.0. The van der Waals surface area contributed by atoms with E-state index >= 15 is 0 Å². The molecule has 5 rings (SSSR count). The molecule has 2 aromatic heterocycles. The lowest BCUT2D eigenvalue weighted by Gasteiger charge is -2.27. The smallest absolute Gasteiger partial charge is 0.243 e. The summed E-state index contributed by atoms with van der Waals surface area (Å²) in [5.74, 6) is -0.257. The van der Waals surface area contributed by atoms with Gasteiger partial charge in [0.25, 0.3) is 0 Å². The van der Waals surface area contributed by atoms with Crippen molar-refractivity contribution in [3.05, 3.63) is 65.5 Å². The number of amides is 3. The fourth-order valence-electron chi connectivity index (χ4n) is 5.77. The maximum absolute atomic E-state index is 13.5. The van der Waals surface area contributed by atoms with Gasteiger partial charge in [0.05, 0.1) is 12.6 Å². The largest absolute Gasteiger partial charge is 0.349 e. The molecule has 3 atom stereocenters. The number of nitrogens with two attached hydrogens (primary N) is 1. The Hall–Kier alpha value is -3.72. The summed E-state index contributed by atoms with van der Waals surface area (Å²) in [5.41, 5.74) is 10.3. The lowest BCUT2D eigenvalue weighted by atomic mass is 9.96. The van der Waals surface area contributed by atoms with Crippen LogP contribution in [-0.4, -0.2) is 69.2 Å². The van der Waals surface area contributed by atoms with E-state index in [-0.39, 0.29) is 36.5 Å². The number of nitrogens with zero attached hydrogens (tertiary/aromatic N) is 3. The van der Waals surface area contributed by atoms with E-state index in [0.29, 0.717) is 19.5 Å². The summed E-state index contributed by atoms with van der Waals surface area (Å²) in [6.07, 6.45) is 5.66. The van der Waals surface area contributed by atoms with Gasteiger partial charge in [0.2, 0.25) is 17.7 Å². The van der Waals surface area contributed by atoms with Gasteiger partial charge in [0, 0.05) is 43.3 Å². The predicted octanol–water partition coefficient (Wildman–Crippen LogP) is 2.68. The molecule has 2 aliphatic rings. The average Bonchev–Trinajstić information content (AvgIpc) is 3.71. The van der Waals surface area contributed by atoms with Crippen molar-refractivity contribution in [1.29, 1.82) is 0 Å². The molecule has 0 aliphatic carbocycles. The van der Waals surface area contributed by atoms with Gasteiger partial charge in [-0.25, -0.2) is 4.98 Å². The molecule has 2 saturated heterocycles. The Bertz CT molecular complexity index is 1280. The van der Waals surface area contributed by atoms with Crippen LogP contribution in [0.5, 0.6) is 0 Å². The summed E-state index contributed by atoms with van der Waals surface area (Å²) >= 11 is 0. The van der Waals surface area contributed by atoms with Crippen molar-refractivity contribution >= 4 is 28.8 Å². The average molecular weight is 531 g/mol. The van der Waals surface area contributed by atoms with Gasteiger partial charge in [-0.05, 0) is 68.7 Å². The van der Waals surface area contributed by atoms with Crippen molar-refractivity contribution in [3.63, 3.8) is 0 Å². The molecular formula is C30H38N6O3. The van der Waals surface area contributed by atoms with Crippen LogP contribution >= 0.6 is 0 Å². The van der Waals surface area contributed by atoms with E-state index in [9.17, 15) is 14.4 Å². The highest BCUT2D eigenvalue weighted by atomic mass is 16.2. The van der Waals surface area contributed by atoms with E-state index in [1.54, 1.807) is 11.1 Å². The zero-order valence-electron chi connectivity index (χ0n) is 22.6. The Morgan fingerprint density at radius 1 is 1.15 bits per heavy atom.